The Morgan fingerprint density at radius 2 is 1.00 bits per heavy atom. The molecular formula is C27H30Cl3N7. The van der Waals surface area contributed by atoms with Gasteiger partial charge in [0.25, 0.3) is 0 Å². The first-order valence-corrected chi connectivity index (χ1v) is 11.3. The van der Waals surface area contributed by atoms with Gasteiger partial charge in [-0.1, -0.05) is 65.7 Å². The number of benzene rings is 2. The zero-order valence-electron chi connectivity index (χ0n) is 20.5. The molecule has 5 rings (SSSR count). The quantitative estimate of drug-likeness (QED) is 0.165. The van der Waals surface area contributed by atoms with Crippen LogP contribution in [-0.2, 0) is 13.1 Å². The third-order valence-electron chi connectivity index (χ3n) is 5.65. The number of aryl methyl sites for hydroxylation is 2. The second-order valence-electron chi connectivity index (χ2n) is 8.39. The molecule has 0 saturated heterocycles. The van der Waals surface area contributed by atoms with E-state index in [0.717, 1.165) is 45.5 Å². The van der Waals surface area contributed by atoms with Crippen molar-refractivity contribution in [1.82, 2.24) is 25.4 Å². The molecule has 0 saturated carbocycles. The monoisotopic (exact) mass is 557 g/mol. The normalized spacial score (nSPS) is 10.0. The highest BCUT2D eigenvalue weighted by molar-refractivity contribution is 5.86. The molecule has 3 aromatic heterocycles. The van der Waals surface area contributed by atoms with E-state index < -0.39 is 0 Å². The lowest BCUT2D eigenvalue weighted by molar-refractivity contribution is 0.948. The molecule has 7 nitrogen and oxygen atoms in total. The van der Waals surface area contributed by atoms with Gasteiger partial charge < -0.3 is 10.6 Å². The van der Waals surface area contributed by atoms with Crippen molar-refractivity contribution in [3.63, 3.8) is 0 Å². The summed E-state index contributed by atoms with van der Waals surface area (Å²) in [4.78, 5) is 4.75. The van der Waals surface area contributed by atoms with Gasteiger partial charge in [-0.15, -0.1) is 37.2 Å². The van der Waals surface area contributed by atoms with Gasteiger partial charge in [-0.3, -0.25) is 15.2 Å². The van der Waals surface area contributed by atoms with Gasteiger partial charge in [0.15, 0.2) is 0 Å². The van der Waals surface area contributed by atoms with Crippen LogP contribution < -0.4 is 10.6 Å². The minimum atomic E-state index is 0. The van der Waals surface area contributed by atoms with E-state index in [1.165, 1.54) is 11.1 Å². The summed E-state index contributed by atoms with van der Waals surface area (Å²) in [6.45, 7) is 5.34. The molecule has 194 valence electrons. The Morgan fingerprint density at radius 3 is 1.41 bits per heavy atom. The summed E-state index contributed by atoms with van der Waals surface area (Å²) < 4.78 is 0. The highest BCUT2D eigenvalue weighted by atomic mass is 35.5. The van der Waals surface area contributed by atoms with Crippen molar-refractivity contribution in [3.05, 3.63) is 101 Å². The first kappa shape index (κ1) is 29.7. The number of hydrogen-bond acceptors (Lipinski definition) is 5. The highest BCUT2D eigenvalue weighted by Crippen LogP contribution is 2.21. The third-order valence-corrected chi connectivity index (χ3v) is 5.65. The Morgan fingerprint density at radius 1 is 0.595 bits per heavy atom. The Balaban J connectivity index is 0.00000160. The number of aromatic nitrogens is 5. The van der Waals surface area contributed by atoms with Gasteiger partial charge >= 0.3 is 0 Å². The van der Waals surface area contributed by atoms with Gasteiger partial charge in [0.1, 0.15) is 11.6 Å². The molecule has 0 amide bonds. The number of halogens is 3. The summed E-state index contributed by atoms with van der Waals surface area (Å²) in [5.41, 5.74) is 8.56. The molecule has 10 heteroatoms. The maximum absolute atomic E-state index is 4.75. The SMILES string of the molecule is Cc1ccc(-c2cc(NCc3cccc(CNc4cc(-c5ccc(C)cc5)[nH]n4)n3)n[nH]2)cc1.Cl.Cl.Cl. The standard InChI is InChI=1S/C27H27N7.3ClH/c1-18-6-10-20(11-7-18)24-14-26(33-31-24)28-16-22-4-3-5-23(30-22)17-29-27-15-25(32-34-27)21-12-8-19(2)9-13-21;;;/h3-15H,16-17H2,1-2H3,(H2,28,31,33)(H2,29,32,34);3*1H. The van der Waals surface area contributed by atoms with Gasteiger partial charge in [-0.25, -0.2) is 0 Å². The van der Waals surface area contributed by atoms with E-state index in [9.17, 15) is 0 Å². The largest absolute Gasteiger partial charge is 0.363 e. The molecule has 0 aliphatic carbocycles. The van der Waals surface area contributed by atoms with E-state index in [0.29, 0.717) is 13.1 Å². The maximum atomic E-state index is 4.75. The van der Waals surface area contributed by atoms with Gasteiger partial charge in [0, 0.05) is 12.1 Å². The second-order valence-corrected chi connectivity index (χ2v) is 8.39. The Kier molecular flexibility index (Phi) is 11.0. The lowest BCUT2D eigenvalue weighted by atomic mass is 10.1. The predicted molar refractivity (Wildman–Crippen MR) is 158 cm³/mol. The molecule has 4 N–H and O–H groups in total. The van der Waals surface area contributed by atoms with Crippen molar-refractivity contribution in [1.29, 1.82) is 0 Å². The van der Waals surface area contributed by atoms with Crippen LogP contribution in [0, 0.1) is 13.8 Å². The lowest BCUT2D eigenvalue weighted by Gasteiger charge is -2.06. The van der Waals surface area contributed by atoms with E-state index >= 15 is 0 Å². The van der Waals surface area contributed by atoms with Gasteiger partial charge in [-0.2, -0.15) is 10.2 Å². The fraction of sp³-hybridized carbons (Fsp3) is 0.148. The molecule has 0 unspecified atom stereocenters. The Bertz CT molecular complexity index is 1280. The van der Waals surface area contributed by atoms with Crippen LogP contribution in [-0.4, -0.2) is 25.4 Å². The van der Waals surface area contributed by atoms with Crippen molar-refractivity contribution in [2.24, 2.45) is 0 Å². The zero-order chi connectivity index (χ0) is 23.3. The molecule has 5 aromatic rings. The Labute approximate surface area is 235 Å². The predicted octanol–water partition coefficient (Wildman–Crippen LogP) is 6.97. The van der Waals surface area contributed by atoms with Crippen LogP contribution in [0.15, 0.2) is 78.9 Å². The second kappa shape index (κ2) is 13.7. The molecule has 0 atom stereocenters. The number of anilines is 2. The fourth-order valence-electron chi connectivity index (χ4n) is 3.67. The molecule has 0 bridgehead atoms. The average molecular weight is 559 g/mol. The van der Waals surface area contributed by atoms with Crippen LogP contribution in [0.4, 0.5) is 11.6 Å². The molecule has 0 fully saturated rings. The Hall–Kier alpha value is -3.52. The lowest BCUT2D eigenvalue weighted by Crippen LogP contribution is -2.06. The average Bonchev–Trinajstić information content (AvgIpc) is 3.53. The van der Waals surface area contributed by atoms with Crippen LogP contribution in [0.2, 0.25) is 0 Å². The molecule has 0 spiro atoms. The van der Waals surface area contributed by atoms with Gasteiger partial charge in [-0.05, 0) is 37.1 Å². The zero-order valence-corrected chi connectivity index (χ0v) is 22.9. The fourth-order valence-corrected chi connectivity index (χ4v) is 3.67. The number of pyridine rings is 1. The molecule has 0 aliphatic heterocycles. The van der Waals surface area contributed by atoms with Crippen molar-refractivity contribution in [3.8, 4) is 22.5 Å². The number of rotatable bonds is 8. The van der Waals surface area contributed by atoms with Crippen LogP contribution in [0.25, 0.3) is 22.5 Å². The van der Waals surface area contributed by atoms with Crippen LogP contribution in [0.1, 0.15) is 22.5 Å². The molecule has 2 aromatic carbocycles. The van der Waals surface area contributed by atoms with E-state index in [1.807, 2.05) is 30.3 Å². The van der Waals surface area contributed by atoms with E-state index in [4.69, 9.17) is 4.98 Å². The summed E-state index contributed by atoms with van der Waals surface area (Å²) >= 11 is 0. The number of aromatic amines is 2. The molecule has 37 heavy (non-hydrogen) atoms. The summed E-state index contributed by atoms with van der Waals surface area (Å²) in [6.07, 6.45) is 0. The summed E-state index contributed by atoms with van der Waals surface area (Å²) in [6, 6.07) is 26.8. The molecular weight excluding hydrogens is 529 g/mol. The van der Waals surface area contributed by atoms with Crippen molar-refractivity contribution >= 4 is 48.9 Å². The van der Waals surface area contributed by atoms with Crippen molar-refractivity contribution in [2.45, 2.75) is 26.9 Å². The minimum absolute atomic E-state index is 0. The van der Waals surface area contributed by atoms with Crippen LogP contribution in [0.3, 0.4) is 0 Å². The van der Waals surface area contributed by atoms with Gasteiger partial charge in [0.2, 0.25) is 0 Å². The topological polar surface area (TPSA) is 94.3 Å². The molecule has 3 heterocycles. The smallest absolute Gasteiger partial charge is 0.148 e. The number of H-pyrrole nitrogens is 2. The van der Waals surface area contributed by atoms with E-state index in [2.05, 4.69) is 93.4 Å². The number of hydrogen-bond donors (Lipinski definition) is 4. The number of nitrogens with zero attached hydrogens (tertiary/aromatic N) is 3. The third kappa shape index (κ3) is 7.73. The van der Waals surface area contributed by atoms with Crippen LogP contribution >= 0.6 is 37.2 Å². The van der Waals surface area contributed by atoms with E-state index in [1.54, 1.807) is 0 Å². The van der Waals surface area contributed by atoms with Crippen molar-refractivity contribution in [2.75, 3.05) is 10.6 Å². The number of nitrogens with one attached hydrogen (secondary N) is 4. The molecule has 0 radical (unpaired) electrons. The summed E-state index contributed by atoms with van der Waals surface area (Å²) in [5.74, 6) is 1.59. The van der Waals surface area contributed by atoms with E-state index in [-0.39, 0.29) is 37.2 Å². The van der Waals surface area contributed by atoms with Gasteiger partial charge in [0.05, 0.1) is 35.9 Å². The summed E-state index contributed by atoms with van der Waals surface area (Å²) in [5, 5.41) is 21.6. The highest BCUT2D eigenvalue weighted by Gasteiger charge is 2.06. The summed E-state index contributed by atoms with van der Waals surface area (Å²) in [7, 11) is 0. The van der Waals surface area contributed by atoms with Crippen LogP contribution in [0.5, 0.6) is 0 Å². The maximum Gasteiger partial charge on any atom is 0.148 e. The molecule has 0 aliphatic rings. The minimum Gasteiger partial charge on any atom is -0.363 e. The first-order valence-electron chi connectivity index (χ1n) is 11.3. The first-order chi connectivity index (χ1) is 16.6. The van der Waals surface area contributed by atoms with Crippen molar-refractivity contribution < 1.29 is 0 Å².